The molecule has 5 rings (SSSR count). The first-order valence-corrected chi connectivity index (χ1v) is 12.2. The minimum atomic E-state index is -0.741. The summed E-state index contributed by atoms with van der Waals surface area (Å²) >= 11 is 0. The Morgan fingerprint density at radius 3 is 2.45 bits per heavy atom. The number of aliphatic imine (C=N–C) groups is 1. The van der Waals surface area contributed by atoms with Crippen LogP contribution in [0.2, 0.25) is 0 Å². The van der Waals surface area contributed by atoms with Crippen LogP contribution in [-0.2, 0) is 9.59 Å². The quantitative estimate of drug-likeness (QED) is 0.369. The molecule has 0 saturated heterocycles. The number of nitrogens with one attached hydrogen (secondary N) is 1. The number of rotatable bonds is 7. The average Bonchev–Trinajstić information content (AvgIpc) is 3.24. The van der Waals surface area contributed by atoms with Gasteiger partial charge >= 0.3 is 0 Å². The van der Waals surface area contributed by atoms with Gasteiger partial charge in [0.05, 0.1) is 22.4 Å². The van der Waals surface area contributed by atoms with Gasteiger partial charge in [-0.2, -0.15) is 0 Å². The Balaban J connectivity index is 1.54. The van der Waals surface area contributed by atoms with Crippen LogP contribution in [0, 0.1) is 5.82 Å². The largest absolute Gasteiger partial charge is 0.325 e. The van der Waals surface area contributed by atoms with E-state index in [2.05, 4.69) is 15.3 Å². The lowest BCUT2D eigenvalue weighted by atomic mass is 9.90. The van der Waals surface area contributed by atoms with Crippen LogP contribution in [0.4, 0.5) is 21.5 Å². The Morgan fingerprint density at radius 1 is 0.974 bits per heavy atom. The standard InChI is InChI=1S/C29H27FN6O2/c1-35(2)15-12-26(37)36(3)21-8-6-20(7-9-21)33-28(18-4-11-23-25(16-18)32-14-13-31-23)27-22-10-5-19(30)17-24(22)34-29(27)38/h4-11,13-14,16-17,27H,12,15H2,1-3H3,(H,34,38). The van der Waals surface area contributed by atoms with Gasteiger partial charge in [-0.3, -0.25) is 24.5 Å². The van der Waals surface area contributed by atoms with E-state index in [1.807, 2.05) is 61.5 Å². The number of anilines is 2. The fourth-order valence-corrected chi connectivity index (χ4v) is 4.45. The van der Waals surface area contributed by atoms with E-state index >= 15 is 0 Å². The lowest BCUT2D eigenvalue weighted by Gasteiger charge is -2.19. The van der Waals surface area contributed by atoms with Gasteiger partial charge in [-0.1, -0.05) is 12.1 Å². The first-order valence-electron chi connectivity index (χ1n) is 12.2. The second-order valence-electron chi connectivity index (χ2n) is 9.43. The highest BCUT2D eigenvalue weighted by Gasteiger charge is 2.35. The summed E-state index contributed by atoms with van der Waals surface area (Å²) in [4.78, 5) is 42.9. The Labute approximate surface area is 219 Å². The third-order valence-corrected chi connectivity index (χ3v) is 6.52. The minimum absolute atomic E-state index is 0.0133. The zero-order valence-electron chi connectivity index (χ0n) is 21.4. The van der Waals surface area contributed by atoms with Crippen LogP contribution in [0.15, 0.2) is 78.0 Å². The van der Waals surface area contributed by atoms with Gasteiger partial charge in [0.15, 0.2) is 0 Å². The monoisotopic (exact) mass is 510 g/mol. The van der Waals surface area contributed by atoms with Crippen LogP contribution in [-0.4, -0.2) is 60.1 Å². The summed E-state index contributed by atoms with van der Waals surface area (Å²) in [6, 6.07) is 17.1. The highest BCUT2D eigenvalue weighted by molar-refractivity contribution is 6.24. The number of carbonyl (C=O) groups excluding carboxylic acids is 2. The molecule has 8 nitrogen and oxygen atoms in total. The third kappa shape index (κ3) is 5.14. The first-order chi connectivity index (χ1) is 18.3. The third-order valence-electron chi connectivity index (χ3n) is 6.52. The van der Waals surface area contributed by atoms with Crippen molar-refractivity contribution < 1.29 is 14.0 Å². The Kier molecular flexibility index (Phi) is 6.93. The van der Waals surface area contributed by atoms with Crippen LogP contribution >= 0.6 is 0 Å². The van der Waals surface area contributed by atoms with E-state index < -0.39 is 11.7 Å². The van der Waals surface area contributed by atoms with Crippen molar-refractivity contribution in [3.63, 3.8) is 0 Å². The Bertz CT molecular complexity index is 1550. The molecule has 1 atom stereocenters. The normalized spacial score (nSPS) is 15.0. The van der Waals surface area contributed by atoms with Gasteiger partial charge in [0.2, 0.25) is 11.8 Å². The number of benzene rings is 3. The van der Waals surface area contributed by atoms with Crippen LogP contribution < -0.4 is 10.2 Å². The van der Waals surface area contributed by atoms with Gasteiger partial charge in [0.25, 0.3) is 0 Å². The van der Waals surface area contributed by atoms with Crippen molar-refractivity contribution in [2.24, 2.45) is 4.99 Å². The van der Waals surface area contributed by atoms with Crippen molar-refractivity contribution in [2.75, 3.05) is 37.9 Å². The minimum Gasteiger partial charge on any atom is -0.325 e. The second kappa shape index (κ2) is 10.5. The molecule has 0 saturated carbocycles. The zero-order chi connectivity index (χ0) is 26.8. The molecule has 1 aliphatic heterocycles. The molecular weight excluding hydrogens is 483 g/mol. The van der Waals surface area contributed by atoms with E-state index in [0.717, 1.165) is 11.2 Å². The number of halogens is 1. The Hall–Kier alpha value is -4.50. The van der Waals surface area contributed by atoms with E-state index in [0.29, 0.717) is 46.7 Å². The summed E-state index contributed by atoms with van der Waals surface area (Å²) < 4.78 is 13.9. The molecule has 2 amide bonds. The summed E-state index contributed by atoms with van der Waals surface area (Å²) in [5.41, 5.74) is 5.04. The van der Waals surface area contributed by atoms with Gasteiger partial charge in [-0.25, -0.2) is 4.39 Å². The molecule has 0 fully saturated rings. The molecule has 0 bridgehead atoms. The molecule has 1 aromatic heterocycles. The van der Waals surface area contributed by atoms with Gasteiger partial charge in [-0.05, 0) is 73.8 Å². The molecule has 4 aromatic rings. The molecule has 192 valence electrons. The lowest BCUT2D eigenvalue weighted by Crippen LogP contribution is -2.29. The van der Waals surface area contributed by atoms with Gasteiger partial charge in [0.1, 0.15) is 11.7 Å². The molecule has 3 aromatic carbocycles. The van der Waals surface area contributed by atoms with Gasteiger partial charge in [-0.15, -0.1) is 0 Å². The maximum Gasteiger partial charge on any atom is 0.238 e. The van der Waals surface area contributed by atoms with E-state index in [1.54, 1.807) is 30.4 Å². The second-order valence-corrected chi connectivity index (χ2v) is 9.43. The predicted molar refractivity (Wildman–Crippen MR) is 147 cm³/mol. The number of amides is 2. The highest BCUT2D eigenvalue weighted by Crippen LogP contribution is 2.37. The molecule has 38 heavy (non-hydrogen) atoms. The van der Waals surface area contributed by atoms with Crippen LogP contribution in [0.1, 0.15) is 23.5 Å². The molecule has 1 unspecified atom stereocenters. The number of fused-ring (bicyclic) bond motifs is 2. The van der Waals surface area contributed by atoms with E-state index in [-0.39, 0.29) is 11.8 Å². The maximum atomic E-state index is 13.9. The van der Waals surface area contributed by atoms with Crippen LogP contribution in [0.3, 0.4) is 0 Å². The van der Waals surface area contributed by atoms with Crippen molar-refractivity contribution in [1.82, 2.24) is 14.9 Å². The summed E-state index contributed by atoms with van der Waals surface area (Å²) in [5, 5.41) is 2.78. The summed E-state index contributed by atoms with van der Waals surface area (Å²) in [5.74, 6) is -1.44. The van der Waals surface area contributed by atoms with Crippen LogP contribution in [0.25, 0.3) is 11.0 Å². The van der Waals surface area contributed by atoms with Crippen molar-refractivity contribution >= 4 is 45.6 Å². The zero-order valence-corrected chi connectivity index (χ0v) is 21.4. The number of carbonyl (C=O) groups is 2. The van der Waals surface area contributed by atoms with Crippen molar-refractivity contribution in [3.05, 3.63) is 90.0 Å². The predicted octanol–water partition coefficient (Wildman–Crippen LogP) is 4.54. The molecule has 0 radical (unpaired) electrons. The molecule has 0 spiro atoms. The number of hydrogen-bond acceptors (Lipinski definition) is 6. The van der Waals surface area contributed by atoms with Crippen molar-refractivity contribution in [3.8, 4) is 0 Å². The lowest BCUT2D eigenvalue weighted by molar-refractivity contribution is -0.118. The summed E-state index contributed by atoms with van der Waals surface area (Å²) in [6.45, 7) is 0.667. The number of nitrogens with zero attached hydrogens (tertiary/aromatic N) is 5. The number of aromatic nitrogens is 2. The topological polar surface area (TPSA) is 90.8 Å². The average molecular weight is 511 g/mol. The molecule has 2 heterocycles. The summed E-state index contributed by atoms with van der Waals surface area (Å²) in [7, 11) is 5.61. The van der Waals surface area contributed by atoms with Gasteiger partial charge in [0, 0.05) is 43.8 Å². The smallest absolute Gasteiger partial charge is 0.238 e. The van der Waals surface area contributed by atoms with Crippen molar-refractivity contribution in [2.45, 2.75) is 12.3 Å². The fourth-order valence-electron chi connectivity index (χ4n) is 4.45. The first kappa shape index (κ1) is 25.2. The summed E-state index contributed by atoms with van der Waals surface area (Å²) in [6.07, 6.45) is 3.64. The van der Waals surface area contributed by atoms with E-state index in [1.165, 1.54) is 12.1 Å². The van der Waals surface area contributed by atoms with E-state index in [9.17, 15) is 14.0 Å². The van der Waals surface area contributed by atoms with Gasteiger partial charge < -0.3 is 15.1 Å². The molecular formula is C29H27FN6O2. The highest BCUT2D eigenvalue weighted by atomic mass is 19.1. The van der Waals surface area contributed by atoms with E-state index in [4.69, 9.17) is 4.99 Å². The van der Waals surface area contributed by atoms with Crippen molar-refractivity contribution in [1.29, 1.82) is 0 Å². The molecule has 9 heteroatoms. The molecule has 1 N–H and O–H groups in total. The maximum absolute atomic E-state index is 13.9. The molecule has 0 aliphatic carbocycles. The fraction of sp³-hybridized carbons (Fsp3) is 0.207. The molecule has 1 aliphatic rings. The van der Waals surface area contributed by atoms with Crippen LogP contribution in [0.5, 0.6) is 0 Å². The Morgan fingerprint density at radius 2 is 1.71 bits per heavy atom. The SMILES string of the molecule is CN(C)CCC(=O)N(C)c1ccc(N=C(c2ccc3nccnc3c2)C2C(=O)Nc3cc(F)ccc32)cc1. The number of hydrogen-bond donors (Lipinski definition) is 1.